The Labute approximate surface area is 172 Å². The summed E-state index contributed by atoms with van der Waals surface area (Å²) in [6.45, 7) is 3.78. The lowest BCUT2D eigenvalue weighted by atomic mass is 10.1. The van der Waals surface area contributed by atoms with Crippen LogP contribution < -0.4 is 10.6 Å². The van der Waals surface area contributed by atoms with Crippen LogP contribution in [0.5, 0.6) is 0 Å². The zero-order valence-electron chi connectivity index (χ0n) is 16.3. The molecule has 2 N–H and O–H groups in total. The second-order valence-electron chi connectivity index (χ2n) is 7.40. The number of fused-ring (bicyclic) bond motifs is 2. The molecule has 154 valence electrons. The lowest BCUT2D eigenvalue weighted by Gasteiger charge is -2.35. The number of sulfonamides is 1. The van der Waals surface area contributed by atoms with Crippen LogP contribution in [0, 0.1) is 6.92 Å². The van der Waals surface area contributed by atoms with Gasteiger partial charge in [0, 0.05) is 31.6 Å². The fraction of sp³-hybridized carbons (Fsp3) is 0.250. The number of H-pyrrole nitrogens is 2. The third-order valence-electron chi connectivity index (χ3n) is 5.43. The minimum absolute atomic E-state index is 0.168. The van der Waals surface area contributed by atoms with E-state index in [1.807, 2.05) is 19.1 Å². The van der Waals surface area contributed by atoms with Crippen LogP contribution >= 0.6 is 0 Å². The molecular weight excluding hydrogens is 404 g/mol. The first kappa shape index (κ1) is 18.8. The second kappa shape index (κ2) is 6.92. The molecule has 5 rings (SSSR count). The molecular formula is C20H20N6O3S. The van der Waals surface area contributed by atoms with Crippen molar-refractivity contribution in [2.75, 3.05) is 31.1 Å². The summed E-state index contributed by atoms with van der Waals surface area (Å²) in [6.07, 6.45) is 1.54. The monoisotopic (exact) mass is 424 g/mol. The molecule has 1 aliphatic rings. The fourth-order valence-corrected chi connectivity index (χ4v) is 5.32. The third kappa shape index (κ3) is 3.14. The minimum Gasteiger partial charge on any atom is -0.353 e. The van der Waals surface area contributed by atoms with E-state index >= 15 is 0 Å². The summed E-state index contributed by atoms with van der Waals surface area (Å²) in [5.74, 6) is 0.826. The lowest BCUT2D eigenvalue weighted by molar-refractivity contribution is 0.384. The Hall–Kier alpha value is -3.24. The molecule has 0 saturated carbocycles. The van der Waals surface area contributed by atoms with Crippen LogP contribution in [0.2, 0.25) is 0 Å². The summed E-state index contributed by atoms with van der Waals surface area (Å²) < 4.78 is 27.7. The van der Waals surface area contributed by atoms with Crippen molar-refractivity contribution < 1.29 is 8.42 Å². The highest BCUT2D eigenvalue weighted by Crippen LogP contribution is 2.26. The maximum absolute atomic E-state index is 13.1. The van der Waals surface area contributed by atoms with E-state index in [1.165, 1.54) is 16.4 Å². The van der Waals surface area contributed by atoms with Crippen LogP contribution in [0.4, 0.5) is 5.82 Å². The highest BCUT2D eigenvalue weighted by atomic mass is 32.2. The highest BCUT2D eigenvalue weighted by molar-refractivity contribution is 7.89. The highest BCUT2D eigenvalue weighted by Gasteiger charge is 2.29. The molecule has 9 nitrogen and oxygen atoms in total. The average molecular weight is 424 g/mol. The van der Waals surface area contributed by atoms with Crippen molar-refractivity contribution in [1.82, 2.24) is 24.2 Å². The molecule has 0 bridgehead atoms. The predicted octanol–water partition coefficient (Wildman–Crippen LogP) is 1.62. The molecule has 0 spiro atoms. The molecule has 1 saturated heterocycles. The van der Waals surface area contributed by atoms with Gasteiger partial charge in [-0.3, -0.25) is 0 Å². The van der Waals surface area contributed by atoms with E-state index in [4.69, 9.17) is 0 Å². The van der Waals surface area contributed by atoms with Gasteiger partial charge >= 0.3 is 5.69 Å². The molecule has 0 aliphatic carbocycles. The van der Waals surface area contributed by atoms with Gasteiger partial charge in [-0.2, -0.15) is 4.31 Å². The number of nitrogens with one attached hydrogen (secondary N) is 2. The van der Waals surface area contributed by atoms with Crippen molar-refractivity contribution in [3.63, 3.8) is 0 Å². The van der Waals surface area contributed by atoms with Crippen LogP contribution in [0.1, 0.15) is 5.56 Å². The van der Waals surface area contributed by atoms with Crippen molar-refractivity contribution in [2.45, 2.75) is 11.8 Å². The topological polar surface area (TPSA) is 115 Å². The molecule has 0 atom stereocenters. The van der Waals surface area contributed by atoms with Gasteiger partial charge in [-0.05, 0) is 37.3 Å². The van der Waals surface area contributed by atoms with Crippen molar-refractivity contribution >= 4 is 37.8 Å². The zero-order valence-corrected chi connectivity index (χ0v) is 17.1. The molecule has 30 heavy (non-hydrogen) atoms. The van der Waals surface area contributed by atoms with E-state index in [-0.39, 0.29) is 10.6 Å². The summed E-state index contributed by atoms with van der Waals surface area (Å²) in [7, 11) is -3.66. The largest absolute Gasteiger partial charge is 0.353 e. The summed E-state index contributed by atoms with van der Waals surface area (Å²) in [5.41, 5.74) is 2.69. The number of hydrogen-bond donors (Lipinski definition) is 2. The molecule has 0 unspecified atom stereocenters. The Bertz CT molecular complexity index is 1420. The SMILES string of the molecule is Cc1ccc2ncnc(N3CCN(S(=O)(=O)c4ccc5[nH]c(=O)[nH]c5c4)CC3)c2c1. The number of nitrogens with zero attached hydrogens (tertiary/aromatic N) is 4. The first-order valence-corrected chi connectivity index (χ1v) is 11.0. The molecule has 10 heteroatoms. The Morgan fingerprint density at radius 3 is 2.50 bits per heavy atom. The van der Waals surface area contributed by atoms with Crippen molar-refractivity contribution in [3.8, 4) is 0 Å². The van der Waals surface area contributed by atoms with Gasteiger partial charge in [-0.15, -0.1) is 0 Å². The zero-order chi connectivity index (χ0) is 20.9. The van der Waals surface area contributed by atoms with Gasteiger partial charge in [0.15, 0.2) is 0 Å². The summed E-state index contributed by atoms with van der Waals surface area (Å²) in [6, 6.07) is 10.7. The molecule has 1 fully saturated rings. The smallest absolute Gasteiger partial charge is 0.323 e. The fourth-order valence-electron chi connectivity index (χ4n) is 3.87. The number of aromatic nitrogens is 4. The van der Waals surface area contributed by atoms with E-state index in [1.54, 1.807) is 12.4 Å². The van der Waals surface area contributed by atoms with Crippen LogP contribution in [-0.4, -0.2) is 58.8 Å². The molecule has 0 amide bonds. The van der Waals surface area contributed by atoms with Gasteiger partial charge in [0.1, 0.15) is 12.1 Å². The van der Waals surface area contributed by atoms with Crippen molar-refractivity contribution in [3.05, 3.63) is 58.8 Å². The average Bonchev–Trinajstić information content (AvgIpc) is 3.12. The number of aryl methyl sites for hydroxylation is 1. The molecule has 3 heterocycles. The van der Waals surface area contributed by atoms with E-state index in [2.05, 4.69) is 30.9 Å². The van der Waals surface area contributed by atoms with E-state index in [0.29, 0.717) is 37.2 Å². The number of benzene rings is 2. The lowest BCUT2D eigenvalue weighted by Crippen LogP contribution is -2.49. The van der Waals surface area contributed by atoms with Gasteiger partial charge in [-0.1, -0.05) is 11.6 Å². The molecule has 1 aliphatic heterocycles. The van der Waals surface area contributed by atoms with E-state index in [9.17, 15) is 13.2 Å². The Kier molecular flexibility index (Phi) is 4.33. The third-order valence-corrected chi connectivity index (χ3v) is 7.33. The van der Waals surface area contributed by atoms with E-state index in [0.717, 1.165) is 22.3 Å². The maximum atomic E-state index is 13.1. The molecule has 2 aromatic heterocycles. The summed E-state index contributed by atoms with van der Waals surface area (Å²) >= 11 is 0. The number of imidazole rings is 1. The standard InChI is InChI=1S/C20H20N6O3S/c1-13-2-4-16-15(10-13)19(22-12-21-16)25-6-8-26(9-7-25)30(28,29)14-3-5-17-18(11-14)24-20(27)23-17/h2-5,10-12H,6-9H2,1H3,(H2,23,24,27). The van der Waals surface area contributed by atoms with Gasteiger partial charge < -0.3 is 14.9 Å². The number of hydrogen-bond acceptors (Lipinski definition) is 6. The first-order chi connectivity index (χ1) is 14.4. The van der Waals surface area contributed by atoms with Gasteiger partial charge in [0.25, 0.3) is 0 Å². The van der Waals surface area contributed by atoms with Crippen molar-refractivity contribution in [2.24, 2.45) is 0 Å². The number of rotatable bonds is 3. The van der Waals surface area contributed by atoms with E-state index < -0.39 is 10.0 Å². The van der Waals surface area contributed by atoms with Crippen LogP contribution in [-0.2, 0) is 10.0 Å². The maximum Gasteiger partial charge on any atom is 0.323 e. The van der Waals surface area contributed by atoms with Crippen LogP contribution in [0.25, 0.3) is 21.9 Å². The first-order valence-electron chi connectivity index (χ1n) is 9.60. The van der Waals surface area contributed by atoms with Gasteiger partial charge in [-0.25, -0.2) is 23.2 Å². The molecule has 4 aromatic rings. The Morgan fingerprint density at radius 1 is 0.933 bits per heavy atom. The Morgan fingerprint density at radius 2 is 1.70 bits per heavy atom. The molecule has 2 aromatic carbocycles. The van der Waals surface area contributed by atoms with Crippen molar-refractivity contribution in [1.29, 1.82) is 0 Å². The van der Waals surface area contributed by atoms with Gasteiger partial charge in [0.2, 0.25) is 10.0 Å². The minimum atomic E-state index is -3.66. The van der Waals surface area contributed by atoms with Gasteiger partial charge in [0.05, 0.1) is 21.4 Å². The quantitative estimate of drug-likeness (QED) is 0.516. The predicted molar refractivity (Wildman–Crippen MR) is 114 cm³/mol. The summed E-state index contributed by atoms with van der Waals surface area (Å²) in [5, 5.41) is 0.968. The van der Waals surface area contributed by atoms with Crippen LogP contribution in [0.15, 0.2) is 52.4 Å². The number of aromatic amines is 2. The number of anilines is 1. The summed E-state index contributed by atoms with van der Waals surface area (Å²) in [4.78, 5) is 27.7. The second-order valence-corrected chi connectivity index (χ2v) is 9.33. The van der Waals surface area contributed by atoms with Crippen LogP contribution in [0.3, 0.4) is 0 Å². The number of piperazine rings is 1. The Balaban J connectivity index is 1.40. The molecule has 0 radical (unpaired) electrons. The normalized spacial score (nSPS) is 15.8.